The Kier molecular flexibility index (Phi) is 6.90. The third kappa shape index (κ3) is 5.08. The lowest BCUT2D eigenvalue weighted by Crippen LogP contribution is -2.15. The largest absolute Gasteiger partial charge is 0.461 e. The molecule has 9 nitrogen and oxygen atoms in total. The Balaban J connectivity index is 1.60. The van der Waals surface area contributed by atoms with E-state index in [1.54, 1.807) is 35.8 Å². The van der Waals surface area contributed by atoms with Gasteiger partial charge < -0.3 is 15.4 Å². The first-order chi connectivity index (χ1) is 16.5. The molecule has 172 valence electrons. The number of ether oxygens (including phenoxy) is 1. The average Bonchev–Trinajstić information content (AvgIpc) is 3.27. The highest BCUT2D eigenvalue weighted by Crippen LogP contribution is 2.27. The van der Waals surface area contributed by atoms with Crippen molar-refractivity contribution >= 4 is 34.7 Å². The number of fused-ring (bicyclic) bond motifs is 1. The Labute approximate surface area is 201 Å². The number of anilines is 2. The number of nitriles is 1. The van der Waals surface area contributed by atoms with Gasteiger partial charge in [-0.15, -0.1) is 0 Å². The van der Waals surface area contributed by atoms with Gasteiger partial charge in [-0.1, -0.05) is 17.7 Å². The number of halogens is 1. The van der Waals surface area contributed by atoms with Gasteiger partial charge in [0.05, 0.1) is 24.1 Å². The molecule has 0 bridgehead atoms. The molecule has 0 saturated heterocycles. The number of carbonyl (C=O) groups excluding carboxylic acids is 1. The molecule has 0 aliphatic heterocycles. The number of carbonyl (C=O) groups is 1. The monoisotopic (exact) mass is 475 g/mol. The SMILES string of the molecule is CCOC(=O)c1cc2c(NCCNc3ccc(C#N)cn3)nc(-c3ccc(Cl)cc3C)cn2n1. The molecule has 3 aromatic heterocycles. The fraction of sp³-hybridized carbons (Fsp3) is 0.208. The predicted molar refractivity (Wildman–Crippen MR) is 130 cm³/mol. The van der Waals surface area contributed by atoms with Crippen molar-refractivity contribution in [2.45, 2.75) is 13.8 Å². The molecule has 2 N–H and O–H groups in total. The second-order valence-electron chi connectivity index (χ2n) is 7.41. The Hall–Kier alpha value is -4.16. The average molecular weight is 476 g/mol. The topological polar surface area (TPSA) is 117 Å². The second-order valence-corrected chi connectivity index (χ2v) is 7.85. The van der Waals surface area contributed by atoms with E-state index in [9.17, 15) is 4.79 Å². The lowest BCUT2D eigenvalue weighted by Gasteiger charge is -2.12. The number of benzene rings is 1. The van der Waals surface area contributed by atoms with Crippen LogP contribution in [0.15, 0.2) is 48.8 Å². The van der Waals surface area contributed by atoms with E-state index in [4.69, 9.17) is 26.6 Å². The van der Waals surface area contributed by atoms with Crippen molar-refractivity contribution in [2.24, 2.45) is 0 Å². The molecular weight excluding hydrogens is 454 g/mol. The van der Waals surface area contributed by atoms with Crippen LogP contribution in [0.5, 0.6) is 0 Å². The number of nitrogens with zero attached hydrogens (tertiary/aromatic N) is 5. The van der Waals surface area contributed by atoms with Crippen LogP contribution in [0.4, 0.5) is 11.6 Å². The van der Waals surface area contributed by atoms with E-state index in [1.165, 1.54) is 6.20 Å². The summed E-state index contributed by atoms with van der Waals surface area (Å²) in [5.74, 6) is 0.748. The lowest BCUT2D eigenvalue weighted by atomic mass is 10.1. The van der Waals surface area contributed by atoms with E-state index >= 15 is 0 Å². The Morgan fingerprint density at radius 3 is 2.74 bits per heavy atom. The number of hydrogen-bond acceptors (Lipinski definition) is 8. The zero-order valence-corrected chi connectivity index (χ0v) is 19.4. The highest BCUT2D eigenvalue weighted by Gasteiger charge is 2.17. The summed E-state index contributed by atoms with van der Waals surface area (Å²) in [7, 11) is 0. The smallest absolute Gasteiger partial charge is 0.358 e. The van der Waals surface area contributed by atoms with Gasteiger partial charge in [0, 0.05) is 35.9 Å². The molecule has 0 spiro atoms. The van der Waals surface area contributed by atoms with E-state index in [1.807, 2.05) is 31.2 Å². The van der Waals surface area contributed by atoms with E-state index in [0.29, 0.717) is 46.5 Å². The molecule has 1 aromatic carbocycles. The van der Waals surface area contributed by atoms with Gasteiger partial charge in [0.25, 0.3) is 0 Å². The van der Waals surface area contributed by atoms with Gasteiger partial charge in [-0.05, 0) is 43.7 Å². The van der Waals surface area contributed by atoms with Gasteiger partial charge in [-0.3, -0.25) is 0 Å². The van der Waals surface area contributed by atoms with Crippen molar-refractivity contribution in [3.05, 3.63) is 70.6 Å². The molecule has 0 aliphatic carbocycles. The van der Waals surface area contributed by atoms with E-state index in [0.717, 1.165) is 11.1 Å². The molecule has 34 heavy (non-hydrogen) atoms. The van der Waals surface area contributed by atoms with Crippen LogP contribution in [0.25, 0.3) is 16.8 Å². The summed E-state index contributed by atoms with van der Waals surface area (Å²) in [5, 5.41) is 20.4. The Bertz CT molecular complexity index is 1380. The second kappa shape index (κ2) is 10.2. The van der Waals surface area contributed by atoms with E-state index in [-0.39, 0.29) is 12.3 Å². The van der Waals surface area contributed by atoms with Crippen LogP contribution in [0, 0.1) is 18.3 Å². The molecule has 0 fully saturated rings. The first kappa shape index (κ1) is 23.0. The third-order valence-corrected chi connectivity index (χ3v) is 5.26. The van der Waals surface area contributed by atoms with Crippen LogP contribution in [-0.2, 0) is 4.74 Å². The highest BCUT2D eigenvalue weighted by atomic mass is 35.5. The lowest BCUT2D eigenvalue weighted by molar-refractivity contribution is 0.0519. The van der Waals surface area contributed by atoms with Gasteiger partial charge in [0.15, 0.2) is 11.5 Å². The molecule has 0 saturated carbocycles. The van der Waals surface area contributed by atoms with Crippen molar-refractivity contribution in [3.63, 3.8) is 0 Å². The van der Waals surface area contributed by atoms with Crippen molar-refractivity contribution in [1.82, 2.24) is 19.6 Å². The van der Waals surface area contributed by atoms with Gasteiger partial charge in [0.1, 0.15) is 17.4 Å². The van der Waals surface area contributed by atoms with Crippen LogP contribution in [0.1, 0.15) is 28.5 Å². The molecule has 0 atom stereocenters. The molecule has 4 aromatic rings. The zero-order valence-electron chi connectivity index (χ0n) is 18.7. The standard InChI is InChI=1S/C24H22ClN7O2/c1-3-34-24(33)19-11-21-23(28-9-8-27-22-7-4-16(12-26)13-29-22)30-20(14-32(21)31-19)18-6-5-17(25)10-15(18)2/h4-7,10-11,13-14H,3,8-9H2,1-2H3,(H,27,29)(H,28,30). The summed E-state index contributed by atoms with van der Waals surface area (Å²) < 4.78 is 6.73. The molecule has 3 heterocycles. The normalized spacial score (nSPS) is 10.6. The molecule has 10 heteroatoms. The molecule has 4 rings (SSSR count). The number of aryl methyl sites for hydroxylation is 1. The first-order valence-corrected chi connectivity index (χ1v) is 11.0. The summed E-state index contributed by atoms with van der Waals surface area (Å²) >= 11 is 6.12. The van der Waals surface area contributed by atoms with Crippen molar-refractivity contribution in [2.75, 3.05) is 30.3 Å². The number of pyridine rings is 1. The van der Waals surface area contributed by atoms with Crippen LogP contribution in [-0.4, -0.2) is 45.2 Å². The molecule has 0 aliphatic rings. The number of esters is 1. The summed E-state index contributed by atoms with van der Waals surface area (Å²) in [5.41, 5.74) is 3.91. The van der Waals surface area contributed by atoms with Crippen molar-refractivity contribution in [3.8, 4) is 17.3 Å². The van der Waals surface area contributed by atoms with Crippen LogP contribution in [0.3, 0.4) is 0 Å². The highest BCUT2D eigenvalue weighted by molar-refractivity contribution is 6.30. The Morgan fingerprint density at radius 1 is 1.21 bits per heavy atom. The summed E-state index contributed by atoms with van der Waals surface area (Å²) in [6, 6.07) is 12.7. The summed E-state index contributed by atoms with van der Waals surface area (Å²) in [6.45, 7) is 5.05. The van der Waals surface area contributed by atoms with Crippen LogP contribution >= 0.6 is 11.6 Å². The number of hydrogen-bond donors (Lipinski definition) is 2. The predicted octanol–water partition coefficient (Wildman–Crippen LogP) is 4.33. The van der Waals surface area contributed by atoms with Gasteiger partial charge in [0.2, 0.25) is 0 Å². The summed E-state index contributed by atoms with van der Waals surface area (Å²) in [4.78, 5) is 21.2. The van der Waals surface area contributed by atoms with Gasteiger partial charge in [-0.25, -0.2) is 19.3 Å². The quantitative estimate of drug-likeness (QED) is 0.285. The molecule has 0 amide bonds. The van der Waals surface area contributed by atoms with Crippen LogP contribution in [0.2, 0.25) is 5.02 Å². The van der Waals surface area contributed by atoms with Crippen molar-refractivity contribution < 1.29 is 9.53 Å². The maximum absolute atomic E-state index is 12.2. The molecule has 0 radical (unpaired) electrons. The molecule has 0 unspecified atom stereocenters. The minimum atomic E-state index is -0.491. The fourth-order valence-electron chi connectivity index (χ4n) is 3.41. The zero-order chi connectivity index (χ0) is 24.1. The Morgan fingerprint density at radius 2 is 2.03 bits per heavy atom. The fourth-order valence-corrected chi connectivity index (χ4v) is 3.63. The number of aromatic nitrogens is 4. The van der Waals surface area contributed by atoms with Crippen LogP contribution < -0.4 is 10.6 Å². The van der Waals surface area contributed by atoms with Gasteiger partial charge in [-0.2, -0.15) is 10.4 Å². The maximum atomic E-state index is 12.2. The maximum Gasteiger partial charge on any atom is 0.358 e. The first-order valence-electron chi connectivity index (χ1n) is 10.7. The van der Waals surface area contributed by atoms with Gasteiger partial charge >= 0.3 is 5.97 Å². The minimum Gasteiger partial charge on any atom is -0.461 e. The van der Waals surface area contributed by atoms with Crippen molar-refractivity contribution in [1.29, 1.82) is 5.26 Å². The minimum absolute atomic E-state index is 0.205. The molecular formula is C24H22ClN7O2. The van der Waals surface area contributed by atoms with E-state index < -0.39 is 5.97 Å². The summed E-state index contributed by atoms with van der Waals surface area (Å²) in [6.07, 6.45) is 3.29. The number of rotatable bonds is 8. The number of nitrogens with one attached hydrogen (secondary N) is 2. The van der Waals surface area contributed by atoms with E-state index in [2.05, 4.69) is 20.7 Å². The third-order valence-electron chi connectivity index (χ3n) is 5.02.